The number of nitrogens with one attached hydrogen (secondary N) is 2. The predicted octanol–water partition coefficient (Wildman–Crippen LogP) is 6.01. The van der Waals surface area contributed by atoms with Crippen molar-refractivity contribution in [2.75, 3.05) is 17.7 Å². The van der Waals surface area contributed by atoms with Gasteiger partial charge < -0.3 is 15.4 Å². The Hall–Kier alpha value is -3.71. The van der Waals surface area contributed by atoms with Gasteiger partial charge in [0.15, 0.2) is 0 Å². The van der Waals surface area contributed by atoms with Crippen LogP contribution in [0.2, 0.25) is 0 Å². The summed E-state index contributed by atoms with van der Waals surface area (Å²) >= 11 is 1.63. The number of nitrogens with zero attached hydrogens (tertiary/aromatic N) is 1. The molecule has 1 aromatic heterocycles. The first-order valence-electron chi connectivity index (χ1n) is 9.68. The molecular weight excluding hydrogens is 410 g/mol. The molecule has 0 unspecified atom stereocenters. The van der Waals surface area contributed by atoms with E-state index in [2.05, 4.69) is 21.7 Å². The van der Waals surface area contributed by atoms with Crippen molar-refractivity contribution in [2.45, 2.75) is 13.8 Å². The molecule has 7 heteroatoms. The molecule has 0 spiro atoms. The molecule has 2 amide bonds. The molecule has 6 nitrogen and oxygen atoms in total. The van der Waals surface area contributed by atoms with E-state index in [0.717, 1.165) is 31.9 Å². The van der Waals surface area contributed by atoms with Crippen LogP contribution in [0.5, 0.6) is 0 Å². The first-order chi connectivity index (χ1) is 14.9. The van der Waals surface area contributed by atoms with Crippen LogP contribution in [-0.2, 0) is 4.74 Å². The second-order valence-corrected chi connectivity index (χ2v) is 8.17. The lowest BCUT2D eigenvalue weighted by molar-refractivity contribution is 0.0602. The summed E-state index contributed by atoms with van der Waals surface area (Å²) in [6.45, 7) is 3.81. The van der Waals surface area contributed by atoms with Crippen LogP contribution in [0.4, 0.5) is 16.2 Å². The number of aryl methyl sites for hydroxylation is 2. The van der Waals surface area contributed by atoms with Gasteiger partial charge in [0.1, 0.15) is 5.01 Å². The number of thiazole rings is 1. The van der Waals surface area contributed by atoms with Crippen LogP contribution < -0.4 is 10.6 Å². The number of para-hydroxylation sites is 1. The van der Waals surface area contributed by atoms with Crippen LogP contribution in [0.3, 0.4) is 0 Å². The smallest absolute Gasteiger partial charge is 0.339 e. The van der Waals surface area contributed by atoms with Gasteiger partial charge in [-0.1, -0.05) is 18.2 Å². The van der Waals surface area contributed by atoms with Gasteiger partial charge in [-0.15, -0.1) is 11.3 Å². The minimum absolute atomic E-state index is 0.297. The van der Waals surface area contributed by atoms with Gasteiger partial charge in [0, 0.05) is 11.3 Å². The van der Waals surface area contributed by atoms with E-state index in [1.807, 2.05) is 50.2 Å². The van der Waals surface area contributed by atoms with Crippen molar-refractivity contribution >= 4 is 44.9 Å². The SMILES string of the molecule is COC(=O)c1ccc(C)cc1NC(=O)Nc1ccc(-c2nc3ccccc3s2)cc1C. The van der Waals surface area contributed by atoms with Crippen molar-refractivity contribution in [3.8, 4) is 10.6 Å². The number of anilines is 2. The minimum Gasteiger partial charge on any atom is -0.465 e. The third kappa shape index (κ3) is 4.41. The molecule has 0 aliphatic heterocycles. The molecule has 156 valence electrons. The molecule has 0 atom stereocenters. The van der Waals surface area contributed by atoms with E-state index in [-0.39, 0.29) is 0 Å². The zero-order valence-corrected chi connectivity index (χ0v) is 18.2. The van der Waals surface area contributed by atoms with Gasteiger partial charge in [0.25, 0.3) is 0 Å². The van der Waals surface area contributed by atoms with Crippen LogP contribution in [-0.4, -0.2) is 24.1 Å². The summed E-state index contributed by atoms with van der Waals surface area (Å²) in [6.07, 6.45) is 0. The number of methoxy groups -OCH3 is 1. The quantitative estimate of drug-likeness (QED) is 0.388. The van der Waals surface area contributed by atoms with E-state index in [9.17, 15) is 9.59 Å². The maximum atomic E-state index is 12.6. The highest BCUT2D eigenvalue weighted by Crippen LogP contribution is 2.32. The molecule has 0 radical (unpaired) electrons. The monoisotopic (exact) mass is 431 g/mol. The average molecular weight is 432 g/mol. The van der Waals surface area contributed by atoms with Crippen LogP contribution >= 0.6 is 11.3 Å². The molecule has 2 N–H and O–H groups in total. The highest BCUT2D eigenvalue weighted by Gasteiger charge is 2.15. The highest BCUT2D eigenvalue weighted by molar-refractivity contribution is 7.21. The zero-order valence-electron chi connectivity index (χ0n) is 17.4. The number of benzene rings is 3. The van der Waals surface area contributed by atoms with Crippen LogP contribution in [0, 0.1) is 13.8 Å². The largest absolute Gasteiger partial charge is 0.465 e. The van der Waals surface area contributed by atoms with Crippen LogP contribution in [0.25, 0.3) is 20.8 Å². The third-order valence-electron chi connectivity index (χ3n) is 4.84. The molecule has 0 saturated carbocycles. The van der Waals surface area contributed by atoms with Crippen molar-refractivity contribution in [1.29, 1.82) is 0 Å². The number of hydrogen-bond acceptors (Lipinski definition) is 5. The van der Waals surface area contributed by atoms with E-state index in [1.54, 1.807) is 29.5 Å². The molecule has 4 rings (SSSR count). The molecule has 0 aliphatic carbocycles. The molecule has 0 fully saturated rings. The van der Waals surface area contributed by atoms with Gasteiger partial charge in [-0.2, -0.15) is 0 Å². The average Bonchev–Trinajstić information content (AvgIpc) is 3.19. The normalized spacial score (nSPS) is 10.7. The number of carbonyl (C=O) groups is 2. The second-order valence-electron chi connectivity index (χ2n) is 7.14. The van der Waals surface area contributed by atoms with Gasteiger partial charge in [-0.3, -0.25) is 0 Å². The molecule has 3 aromatic carbocycles. The first kappa shape index (κ1) is 20.6. The topological polar surface area (TPSA) is 80.3 Å². The number of fused-ring (bicyclic) bond motifs is 1. The Balaban J connectivity index is 1.53. The molecule has 0 aliphatic rings. The molecular formula is C24H21N3O3S. The van der Waals surface area contributed by atoms with Crippen LogP contribution in [0.15, 0.2) is 60.7 Å². The number of aromatic nitrogens is 1. The van der Waals surface area contributed by atoms with E-state index in [1.165, 1.54) is 7.11 Å². The first-order valence-corrected chi connectivity index (χ1v) is 10.5. The Labute approximate surface area is 183 Å². The maximum Gasteiger partial charge on any atom is 0.339 e. The Morgan fingerprint density at radius 2 is 1.71 bits per heavy atom. The number of amides is 2. The lowest BCUT2D eigenvalue weighted by Crippen LogP contribution is -2.21. The summed E-state index contributed by atoms with van der Waals surface area (Å²) < 4.78 is 5.93. The fourth-order valence-electron chi connectivity index (χ4n) is 3.26. The van der Waals surface area contributed by atoms with Gasteiger partial charge in [-0.25, -0.2) is 14.6 Å². The summed E-state index contributed by atoms with van der Waals surface area (Å²) in [5, 5.41) is 6.53. The summed E-state index contributed by atoms with van der Waals surface area (Å²) in [7, 11) is 1.31. The lowest BCUT2D eigenvalue weighted by atomic mass is 10.1. The van der Waals surface area contributed by atoms with Crippen molar-refractivity contribution in [2.24, 2.45) is 0 Å². The standard InChI is InChI=1S/C24H21N3O3S/c1-14-8-10-17(23(28)30-3)20(12-14)27-24(29)26-18-11-9-16(13-15(18)2)22-25-19-6-4-5-7-21(19)31-22/h4-13H,1-3H3,(H2,26,27,29). The van der Waals surface area contributed by atoms with Crippen molar-refractivity contribution in [3.63, 3.8) is 0 Å². The number of urea groups is 1. The van der Waals surface area contributed by atoms with Crippen LogP contribution in [0.1, 0.15) is 21.5 Å². The lowest BCUT2D eigenvalue weighted by Gasteiger charge is -2.13. The Kier molecular flexibility index (Phi) is 5.68. The van der Waals surface area contributed by atoms with Crippen molar-refractivity contribution < 1.29 is 14.3 Å². The second kappa shape index (κ2) is 8.57. The minimum atomic E-state index is -0.508. The van der Waals surface area contributed by atoms with E-state index in [4.69, 9.17) is 4.74 Å². The predicted molar refractivity (Wildman–Crippen MR) is 125 cm³/mol. The molecule has 1 heterocycles. The molecule has 31 heavy (non-hydrogen) atoms. The fourth-order valence-corrected chi connectivity index (χ4v) is 4.22. The van der Waals surface area contributed by atoms with Gasteiger partial charge in [-0.05, 0) is 67.4 Å². The van der Waals surface area contributed by atoms with Gasteiger partial charge in [0.05, 0.1) is 28.6 Å². The summed E-state index contributed by atoms with van der Waals surface area (Å²) in [4.78, 5) is 29.3. The number of rotatable bonds is 4. The fraction of sp³-hybridized carbons (Fsp3) is 0.125. The maximum absolute atomic E-state index is 12.6. The Bertz CT molecular complexity index is 1260. The third-order valence-corrected chi connectivity index (χ3v) is 5.93. The van der Waals surface area contributed by atoms with Gasteiger partial charge >= 0.3 is 12.0 Å². The molecule has 0 saturated heterocycles. The Morgan fingerprint density at radius 3 is 2.45 bits per heavy atom. The summed E-state index contributed by atoms with van der Waals surface area (Å²) in [5.41, 5.74) is 5.16. The van der Waals surface area contributed by atoms with E-state index in [0.29, 0.717) is 16.9 Å². The van der Waals surface area contributed by atoms with E-state index >= 15 is 0 Å². The number of esters is 1. The Morgan fingerprint density at radius 1 is 0.935 bits per heavy atom. The molecule has 4 aromatic rings. The summed E-state index contributed by atoms with van der Waals surface area (Å²) in [6, 6.07) is 18.5. The molecule has 0 bridgehead atoms. The number of ether oxygens (including phenoxy) is 1. The number of carbonyl (C=O) groups excluding carboxylic acids is 2. The van der Waals surface area contributed by atoms with Crippen molar-refractivity contribution in [1.82, 2.24) is 4.98 Å². The van der Waals surface area contributed by atoms with Gasteiger partial charge in [0.2, 0.25) is 0 Å². The zero-order chi connectivity index (χ0) is 22.0. The number of hydrogen-bond donors (Lipinski definition) is 2. The summed E-state index contributed by atoms with van der Waals surface area (Å²) in [5.74, 6) is -0.508. The van der Waals surface area contributed by atoms with E-state index < -0.39 is 12.0 Å². The van der Waals surface area contributed by atoms with Crippen molar-refractivity contribution in [3.05, 3.63) is 77.4 Å². The highest BCUT2D eigenvalue weighted by atomic mass is 32.1.